The van der Waals surface area contributed by atoms with Crippen LogP contribution in [0.4, 0.5) is 0 Å². The summed E-state index contributed by atoms with van der Waals surface area (Å²) in [5.74, 6) is 1.95. The molecule has 7 heteroatoms. The van der Waals surface area contributed by atoms with E-state index in [-0.39, 0.29) is 12.5 Å². The fourth-order valence-electron chi connectivity index (χ4n) is 5.02. The molecule has 7 nitrogen and oxygen atoms in total. The van der Waals surface area contributed by atoms with E-state index < -0.39 is 0 Å². The van der Waals surface area contributed by atoms with Crippen molar-refractivity contribution in [1.82, 2.24) is 29.6 Å². The van der Waals surface area contributed by atoms with Gasteiger partial charge in [-0.2, -0.15) is 5.10 Å². The lowest BCUT2D eigenvalue weighted by Crippen LogP contribution is -2.35. The van der Waals surface area contributed by atoms with Gasteiger partial charge in [0.05, 0.1) is 17.1 Å². The molecule has 1 aliphatic rings. The summed E-state index contributed by atoms with van der Waals surface area (Å²) in [6.45, 7) is 8.11. The number of amides is 1. The summed E-state index contributed by atoms with van der Waals surface area (Å²) >= 11 is 0. The van der Waals surface area contributed by atoms with Crippen molar-refractivity contribution < 1.29 is 4.79 Å². The minimum absolute atomic E-state index is 0.0941. The van der Waals surface area contributed by atoms with Crippen LogP contribution in [0.2, 0.25) is 0 Å². The molecule has 4 aromatic rings. The van der Waals surface area contributed by atoms with Gasteiger partial charge in [0.1, 0.15) is 12.4 Å². The van der Waals surface area contributed by atoms with Gasteiger partial charge in [-0.1, -0.05) is 37.3 Å². The van der Waals surface area contributed by atoms with E-state index in [4.69, 9.17) is 5.10 Å². The summed E-state index contributed by atoms with van der Waals surface area (Å²) in [5, 5.41) is 4.87. The van der Waals surface area contributed by atoms with Crippen LogP contribution in [0.5, 0.6) is 0 Å². The van der Waals surface area contributed by atoms with Gasteiger partial charge in [0.25, 0.3) is 0 Å². The minimum atomic E-state index is 0.0941. The molecule has 3 aromatic heterocycles. The molecule has 4 heterocycles. The molecule has 1 fully saturated rings. The third kappa shape index (κ3) is 5.77. The maximum absolute atomic E-state index is 13.6. The second kappa shape index (κ2) is 11.0. The molecule has 1 aliphatic heterocycles. The fourth-order valence-corrected chi connectivity index (χ4v) is 5.02. The Kier molecular flexibility index (Phi) is 7.40. The van der Waals surface area contributed by atoms with E-state index >= 15 is 0 Å². The van der Waals surface area contributed by atoms with Crippen molar-refractivity contribution in [3.8, 4) is 22.6 Å². The maximum atomic E-state index is 13.6. The lowest BCUT2D eigenvalue weighted by atomic mass is 9.87. The predicted octanol–water partition coefficient (Wildman–Crippen LogP) is 5.14. The van der Waals surface area contributed by atoms with Crippen LogP contribution >= 0.6 is 0 Å². The summed E-state index contributed by atoms with van der Waals surface area (Å²) in [6.07, 6.45) is 8.27. The van der Waals surface area contributed by atoms with Crippen LogP contribution in [0.25, 0.3) is 22.6 Å². The van der Waals surface area contributed by atoms with Crippen molar-refractivity contribution in [2.75, 3.05) is 13.1 Å². The molecular formula is C30H34N6O. The second-order valence-electron chi connectivity index (χ2n) is 10.2. The first-order valence-corrected chi connectivity index (χ1v) is 13.1. The molecule has 0 radical (unpaired) electrons. The first kappa shape index (κ1) is 24.8. The standard InChI is InChI=1S/C30H34N6O/c1-21-10-14-35(15-11-25(21)17-29-31-12-7-13-32-29)30(37)20-36-28(27-16-22(2)23(3)19-33-27)18-26(34-36)24-8-5-4-6-9-24/h4-9,12-13,16,18-19,21,25H,10-11,14-15,17,20H2,1-3H3. The Hall–Kier alpha value is -3.87. The van der Waals surface area contributed by atoms with Crippen LogP contribution in [0.1, 0.15) is 36.7 Å². The zero-order valence-corrected chi connectivity index (χ0v) is 21.8. The first-order valence-electron chi connectivity index (χ1n) is 13.1. The molecule has 1 saturated heterocycles. The van der Waals surface area contributed by atoms with Crippen molar-refractivity contribution in [1.29, 1.82) is 0 Å². The van der Waals surface area contributed by atoms with Gasteiger partial charge in [-0.25, -0.2) is 9.97 Å². The normalized spacial score (nSPS) is 18.0. The van der Waals surface area contributed by atoms with Gasteiger partial charge in [-0.15, -0.1) is 0 Å². The van der Waals surface area contributed by atoms with E-state index in [2.05, 4.69) is 41.8 Å². The van der Waals surface area contributed by atoms with Crippen molar-refractivity contribution in [2.24, 2.45) is 11.8 Å². The SMILES string of the molecule is Cc1cnc(-c2cc(-c3ccccc3)nn2CC(=O)N2CCC(C)C(Cc3ncccn3)CC2)cc1C. The molecule has 0 N–H and O–H groups in total. The largest absolute Gasteiger partial charge is 0.341 e. The summed E-state index contributed by atoms with van der Waals surface area (Å²) in [4.78, 5) is 29.1. The number of hydrogen-bond donors (Lipinski definition) is 0. The number of carbonyl (C=O) groups excluding carboxylic acids is 1. The smallest absolute Gasteiger partial charge is 0.244 e. The van der Waals surface area contributed by atoms with Gasteiger partial charge in [0.15, 0.2) is 0 Å². The molecule has 0 spiro atoms. The summed E-state index contributed by atoms with van der Waals surface area (Å²) in [6, 6.07) is 16.0. The summed E-state index contributed by atoms with van der Waals surface area (Å²) in [5.41, 5.74) is 5.86. The topological polar surface area (TPSA) is 76.8 Å². The van der Waals surface area contributed by atoms with Crippen molar-refractivity contribution >= 4 is 5.91 Å². The quantitative estimate of drug-likeness (QED) is 0.371. The summed E-state index contributed by atoms with van der Waals surface area (Å²) in [7, 11) is 0. The zero-order valence-electron chi connectivity index (χ0n) is 21.8. The monoisotopic (exact) mass is 494 g/mol. The number of aromatic nitrogens is 5. The number of aryl methyl sites for hydroxylation is 2. The highest BCUT2D eigenvalue weighted by molar-refractivity contribution is 5.77. The molecule has 2 atom stereocenters. The Balaban J connectivity index is 1.36. The van der Waals surface area contributed by atoms with Gasteiger partial charge in [0.2, 0.25) is 5.91 Å². The average Bonchev–Trinajstić information content (AvgIpc) is 3.25. The molecule has 190 valence electrons. The van der Waals surface area contributed by atoms with Gasteiger partial charge in [-0.05, 0) is 67.9 Å². The molecule has 37 heavy (non-hydrogen) atoms. The van der Waals surface area contributed by atoms with Crippen LogP contribution < -0.4 is 0 Å². The van der Waals surface area contributed by atoms with Crippen molar-refractivity contribution in [3.63, 3.8) is 0 Å². The van der Waals surface area contributed by atoms with E-state index in [1.807, 2.05) is 58.2 Å². The molecule has 0 bridgehead atoms. The number of rotatable bonds is 6. The highest BCUT2D eigenvalue weighted by atomic mass is 16.2. The Morgan fingerprint density at radius 2 is 1.68 bits per heavy atom. The lowest BCUT2D eigenvalue weighted by molar-refractivity contribution is -0.132. The van der Waals surface area contributed by atoms with Crippen LogP contribution in [0.3, 0.4) is 0 Å². The third-order valence-corrected chi connectivity index (χ3v) is 7.62. The number of likely N-dealkylation sites (tertiary alicyclic amines) is 1. The number of nitrogens with zero attached hydrogens (tertiary/aromatic N) is 6. The molecular weight excluding hydrogens is 460 g/mol. The van der Waals surface area contributed by atoms with E-state index in [0.29, 0.717) is 11.8 Å². The van der Waals surface area contributed by atoms with Crippen LogP contribution in [-0.2, 0) is 17.8 Å². The fraction of sp³-hybridized carbons (Fsp3) is 0.367. The number of pyridine rings is 1. The lowest BCUT2D eigenvalue weighted by Gasteiger charge is -2.21. The number of benzene rings is 1. The van der Waals surface area contributed by atoms with Gasteiger partial charge >= 0.3 is 0 Å². The predicted molar refractivity (Wildman–Crippen MR) is 145 cm³/mol. The van der Waals surface area contributed by atoms with E-state index in [1.54, 1.807) is 12.4 Å². The Labute approximate surface area is 218 Å². The van der Waals surface area contributed by atoms with E-state index in [9.17, 15) is 4.79 Å². The third-order valence-electron chi connectivity index (χ3n) is 7.62. The highest BCUT2D eigenvalue weighted by Crippen LogP contribution is 2.28. The zero-order chi connectivity index (χ0) is 25.8. The number of carbonyl (C=O) groups is 1. The Morgan fingerprint density at radius 3 is 2.43 bits per heavy atom. The van der Waals surface area contributed by atoms with Crippen LogP contribution in [-0.4, -0.2) is 48.6 Å². The molecule has 0 saturated carbocycles. The average molecular weight is 495 g/mol. The van der Waals surface area contributed by atoms with Crippen LogP contribution in [0.15, 0.2) is 67.1 Å². The highest BCUT2D eigenvalue weighted by Gasteiger charge is 2.27. The first-order chi connectivity index (χ1) is 18.0. The van der Waals surface area contributed by atoms with Gasteiger partial charge < -0.3 is 4.90 Å². The Morgan fingerprint density at radius 1 is 0.919 bits per heavy atom. The van der Waals surface area contributed by atoms with Gasteiger partial charge in [-0.3, -0.25) is 14.5 Å². The molecule has 2 unspecified atom stereocenters. The molecule has 1 aromatic carbocycles. The minimum Gasteiger partial charge on any atom is -0.341 e. The Bertz CT molecular complexity index is 1350. The molecule has 0 aliphatic carbocycles. The van der Waals surface area contributed by atoms with E-state index in [1.165, 1.54) is 5.56 Å². The maximum Gasteiger partial charge on any atom is 0.244 e. The molecule has 1 amide bonds. The molecule has 5 rings (SSSR count). The number of hydrogen-bond acceptors (Lipinski definition) is 5. The van der Waals surface area contributed by atoms with Gasteiger partial charge in [0, 0.05) is 43.7 Å². The van der Waals surface area contributed by atoms with Crippen molar-refractivity contribution in [2.45, 2.75) is 46.6 Å². The summed E-state index contributed by atoms with van der Waals surface area (Å²) < 4.78 is 1.82. The van der Waals surface area contributed by atoms with E-state index in [0.717, 1.165) is 66.4 Å². The van der Waals surface area contributed by atoms with Crippen molar-refractivity contribution in [3.05, 3.63) is 84.1 Å². The second-order valence-corrected chi connectivity index (χ2v) is 10.2. The van der Waals surface area contributed by atoms with Crippen LogP contribution in [0, 0.1) is 25.7 Å².